The number of hydrogen-bond donors (Lipinski definition) is 0. The number of amides is 1. The van der Waals surface area contributed by atoms with E-state index in [1.807, 2.05) is 56.0 Å². The average molecular weight is 461 g/mol. The van der Waals surface area contributed by atoms with Crippen LogP contribution in [0.4, 0.5) is 5.69 Å². The second kappa shape index (κ2) is 8.56. The molecule has 7 nitrogen and oxygen atoms in total. The zero-order chi connectivity index (χ0) is 24.0. The van der Waals surface area contributed by atoms with Crippen LogP contribution >= 0.6 is 0 Å². The van der Waals surface area contributed by atoms with Gasteiger partial charge in [0.15, 0.2) is 0 Å². The van der Waals surface area contributed by atoms with Crippen molar-refractivity contribution in [3.8, 4) is 5.75 Å². The average Bonchev–Trinajstić information content (AvgIpc) is 3.23. The van der Waals surface area contributed by atoms with Crippen LogP contribution in [0.5, 0.6) is 5.75 Å². The lowest BCUT2D eigenvalue weighted by Crippen LogP contribution is -2.49. The highest BCUT2D eigenvalue weighted by Gasteiger charge is 2.26. The molecule has 0 unspecified atom stereocenters. The third-order valence-corrected chi connectivity index (χ3v) is 6.85. The van der Waals surface area contributed by atoms with Crippen LogP contribution in [0.1, 0.15) is 22.3 Å². The van der Waals surface area contributed by atoms with Crippen molar-refractivity contribution in [3.05, 3.63) is 69.3 Å². The van der Waals surface area contributed by atoms with E-state index in [0.29, 0.717) is 42.9 Å². The van der Waals surface area contributed by atoms with E-state index in [2.05, 4.69) is 4.90 Å². The summed E-state index contributed by atoms with van der Waals surface area (Å²) in [7, 11) is 1.66. The highest BCUT2D eigenvalue weighted by molar-refractivity contribution is 6.07. The van der Waals surface area contributed by atoms with E-state index in [-0.39, 0.29) is 12.3 Å². The van der Waals surface area contributed by atoms with E-state index >= 15 is 0 Å². The number of rotatable bonds is 4. The molecule has 176 valence electrons. The van der Waals surface area contributed by atoms with Gasteiger partial charge in [-0.15, -0.1) is 0 Å². The van der Waals surface area contributed by atoms with Gasteiger partial charge < -0.3 is 23.4 Å². The first-order valence-corrected chi connectivity index (χ1v) is 11.5. The normalized spacial score (nSPS) is 14.2. The van der Waals surface area contributed by atoms with Crippen molar-refractivity contribution >= 4 is 33.5 Å². The van der Waals surface area contributed by atoms with E-state index in [0.717, 1.165) is 38.9 Å². The Balaban J connectivity index is 1.39. The summed E-state index contributed by atoms with van der Waals surface area (Å²) in [5.41, 5.74) is 4.91. The van der Waals surface area contributed by atoms with E-state index < -0.39 is 5.63 Å². The number of furan rings is 1. The lowest BCUT2D eigenvalue weighted by atomic mass is 9.98. The number of anilines is 1. The van der Waals surface area contributed by atoms with Crippen molar-refractivity contribution in [1.29, 1.82) is 0 Å². The topological polar surface area (TPSA) is 76.1 Å². The van der Waals surface area contributed by atoms with Crippen molar-refractivity contribution in [2.24, 2.45) is 0 Å². The summed E-state index contributed by atoms with van der Waals surface area (Å²) in [4.78, 5) is 30.1. The summed E-state index contributed by atoms with van der Waals surface area (Å²) in [5, 5.41) is 1.78. The second-order valence-corrected chi connectivity index (χ2v) is 8.90. The van der Waals surface area contributed by atoms with Gasteiger partial charge in [0.05, 0.1) is 36.4 Å². The molecule has 0 spiro atoms. The number of fused-ring (bicyclic) bond motifs is 3. The summed E-state index contributed by atoms with van der Waals surface area (Å²) < 4.78 is 17.0. The fraction of sp³-hybridized carbons (Fsp3) is 0.333. The quantitative estimate of drug-likeness (QED) is 0.421. The Labute approximate surface area is 197 Å². The highest BCUT2D eigenvalue weighted by Crippen LogP contribution is 2.34. The molecule has 4 aromatic rings. The van der Waals surface area contributed by atoms with Crippen molar-refractivity contribution in [2.75, 3.05) is 38.2 Å². The molecular weight excluding hydrogens is 432 g/mol. The van der Waals surface area contributed by atoms with Gasteiger partial charge >= 0.3 is 5.63 Å². The predicted octanol–water partition coefficient (Wildman–Crippen LogP) is 4.36. The summed E-state index contributed by atoms with van der Waals surface area (Å²) >= 11 is 0. The lowest BCUT2D eigenvalue weighted by Gasteiger charge is -2.36. The van der Waals surface area contributed by atoms with E-state index in [4.69, 9.17) is 13.6 Å². The van der Waals surface area contributed by atoms with Gasteiger partial charge in [0.25, 0.3) is 0 Å². The minimum Gasteiger partial charge on any atom is -0.495 e. The molecule has 7 heteroatoms. The molecule has 1 aliphatic rings. The second-order valence-electron chi connectivity index (χ2n) is 8.90. The Morgan fingerprint density at radius 1 is 1.03 bits per heavy atom. The van der Waals surface area contributed by atoms with Crippen molar-refractivity contribution in [3.63, 3.8) is 0 Å². The SMILES string of the molecule is COc1ccccc1N1CCN(C(=O)Cc2c(C)c3c(cc(C)c4c(C)coc43)oc2=O)CC1. The van der Waals surface area contributed by atoms with Crippen LogP contribution in [0.25, 0.3) is 21.9 Å². The van der Waals surface area contributed by atoms with Crippen LogP contribution in [-0.2, 0) is 11.2 Å². The molecule has 1 saturated heterocycles. The molecule has 2 aromatic heterocycles. The highest BCUT2D eigenvalue weighted by atomic mass is 16.5. The number of hydrogen-bond acceptors (Lipinski definition) is 6. The summed E-state index contributed by atoms with van der Waals surface area (Å²) in [6.45, 7) is 8.39. The van der Waals surface area contributed by atoms with Gasteiger partial charge in [0, 0.05) is 31.6 Å². The van der Waals surface area contributed by atoms with Gasteiger partial charge in [0.2, 0.25) is 5.91 Å². The first-order chi connectivity index (χ1) is 16.4. The van der Waals surface area contributed by atoms with Gasteiger partial charge in [-0.2, -0.15) is 0 Å². The Kier molecular flexibility index (Phi) is 5.55. The van der Waals surface area contributed by atoms with E-state index in [9.17, 15) is 9.59 Å². The largest absolute Gasteiger partial charge is 0.495 e. The predicted molar refractivity (Wildman–Crippen MR) is 132 cm³/mol. The first kappa shape index (κ1) is 22.1. The first-order valence-electron chi connectivity index (χ1n) is 11.5. The Morgan fingerprint density at radius 3 is 2.50 bits per heavy atom. The fourth-order valence-corrected chi connectivity index (χ4v) is 5.03. The molecule has 0 radical (unpaired) electrons. The van der Waals surface area contributed by atoms with Crippen LogP contribution in [0.15, 0.2) is 50.2 Å². The molecule has 0 N–H and O–H groups in total. The maximum atomic E-state index is 13.2. The summed E-state index contributed by atoms with van der Waals surface area (Å²) in [6.07, 6.45) is 1.72. The van der Waals surface area contributed by atoms with Gasteiger partial charge in [0.1, 0.15) is 16.9 Å². The van der Waals surface area contributed by atoms with Crippen LogP contribution < -0.4 is 15.3 Å². The smallest absolute Gasteiger partial charge is 0.340 e. The minimum atomic E-state index is -0.465. The number of para-hydroxylation sites is 2. The number of aryl methyl sites for hydroxylation is 3. The number of methoxy groups -OCH3 is 1. The number of benzene rings is 2. The van der Waals surface area contributed by atoms with Crippen LogP contribution in [0.2, 0.25) is 0 Å². The molecule has 3 heterocycles. The standard InChI is InChI=1S/C27H28N2O5/c1-16-13-22-25(26-24(16)17(2)15-33-26)18(3)19(27(31)34-22)14-23(30)29-11-9-28(10-12-29)20-7-5-6-8-21(20)32-4/h5-8,13,15H,9-12,14H2,1-4H3. The number of nitrogens with zero attached hydrogens (tertiary/aromatic N) is 2. The third kappa shape index (κ3) is 3.61. The maximum absolute atomic E-state index is 13.2. The van der Waals surface area contributed by atoms with Crippen molar-refractivity contribution < 1.29 is 18.4 Å². The van der Waals surface area contributed by atoms with Crippen molar-refractivity contribution in [1.82, 2.24) is 4.90 Å². The van der Waals surface area contributed by atoms with Gasteiger partial charge in [-0.1, -0.05) is 12.1 Å². The summed E-state index contributed by atoms with van der Waals surface area (Å²) in [5.74, 6) is 0.745. The number of ether oxygens (including phenoxy) is 1. The molecule has 1 fully saturated rings. The minimum absolute atomic E-state index is 0.00776. The lowest BCUT2D eigenvalue weighted by molar-refractivity contribution is -0.130. The van der Waals surface area contributed by atoms with Crippen LogP contribution in [-0.4, -0.2) is 44.1 Å². The van der Waals surface area contributed by atoms with E-state index in [1.165, 1.54) is 0 Å². The molecule has 2 aromatic carbocycles. The molecule has 0 bridgehead atoms. The Bertz CT molecular complexity index is 1460. The van der Waals surface area contributed by atoms with Gasteiger partial charge in [-0.05, 0) is 55.7 Å². The summed E-state index contributed by atoms with van der Waals surface area (Å²) in [6, 6.07) is 9.76. The Hall–Kier alpha value is -3.74. The zero-order valence-electron chi connectivity index (χ0n) is 19.9. The third-order valence-electron chi connectivity index (χ3n) is 6.85. The molecule has 0 saturated carbocycles. The zero-order valence-corrected chi connectivity index (χ0v) is 19.9. The maximum Gasteiger partial charge on any atom is 0.340 e. The van der Waals surface area contributed by atoms with Gasteiger partial charge in [-0.25, -0.2) is 4.79 Å². The number of piperazine rings is 1. The molecule has 0 aliphatic carbocycles. The monoisotopic (exact) mass is 460 g/mol. The van der Waals surface area contributed by atoms with Crippen molar-refractivity contribution in [2.45, 2.75) is 27.2 Å². The molecule has 34 heavy (non-hydrogen) atoms. The fourth-order valence-electron chi connectivity index (χ4n) is 5.03. The number of carbonyl (C=O) groups is 1. The molecule has 1 amide bonds. The molecule has 1 aliphatic heterocycles. The van der Waals surface area contributed by atoms with Crippen LogP contribution in [0, 0.1) is 20.8 Å². The van der Waals surface area contributed by atoms with Crippen LogP contribution in [0.3, 0.4) is 0 Å². The molecular formula is C27H28N2O5. The molecule has 5 rings (SSSR count). The Morgan fingerprint density at radius 2 is 1.76 bits per heavy atom. The van der Waals surface area contributed by atoms with E-state index in [1.54, 1.807) is 13.4 Å². The van der Waals surface area contributed by atoms with Gasteiger partial charge in [-0.3, -0.25) is 4.79 Å². The molecule has 0 atom stereocenters. The number of carbonyl (C=O) groups excluding carboxylic acids is 1.